The lowest BCUT2D eigenvalue weighted by Crippen LogP contribution is -2.26. The van der Waals surface area contributed by atoms with Gasteiger partial charge in [0.2, 0.25) is 5.75 Å². The highest BCUT2D eigenvalue weighted by molar-refractivity contribution is 5.73. The van der Waals surface area contributed by atoms with E-state index in [4.69, 9.17) is 10.6 Å². The van der Waals surface area contributed by atoms with Crippen LogP contribution in [0.2, 0.25) is 0 Å². The van der Waals surface area contributed by atoms with Gasteiger partial charge in [0.1, 0.15) is 6.33 Å². The molecule has 6 nitrogen and oxygen atoms in total. The van der Waals surface area contributed by atoms with Gasteiger partial charge in [-0.3, -0.25) is 0 Å². The van der Waals surface area contributed by atoms with E-state index in [9.17, 15) is 0 Å². The summed E-state index contributed by atoms with van der Waals surface area (Å²) in [5.41, 5.74) is 6.34. The molecule has 0 unspecified atom stereocenters. The van der Waals surface area contributed by atoms with Gasteiger partial charge >= 0.3 is 0 Å². The molecule has 2 heterocycles. The van der Waals surface area contributed by atoms with Crippen LogP contribution in [-0.2, 0) is 6.42 Å². The van der Waals surface area contributed by atoms with Crippen molar-refractivity contribution in [3.63, 3.8) is 0 Å². The number of nitrogens with one attached hydrogen (secondary N) is 1. The van der Waals surface area contributed by atoms with Gasteiger partial charge in [-0.2, -0.15) is 0 Å². The fraction of sp³-hybridized carbons (Fsp3) is 0.333. The first-order valence-corrected chi connectivity index (χ1v) is 6.97. The summed E-state index contributed by atoms with van der Waals surface area (Å²) in [6.45, 7) is 3.01. The highest BCUT2D eigenvalue weighted by Crippen LogP contribution is 2.39. The van der Waals surface area contributed by atoms with Crippen molar-refractivity contribution in [1.82, 2.24) is 9.97 Å². The molecule has 2 aromatic rings. The number of hydrazine groups is 1. The van der Waals surface area contributed by atoms with Gasteiger partial charge in [0.05, 0.1) is 7.11 Å². The number of rotatable bonds is 3. The lowest BCUT2D eigenvalue weighted by molar-refractivity contribution is 0.413. The van der Waals surface area contributed by atoms with Crippen molar-refractivity contribution in [2.75, 3.05) is 24.0 Å². The van der Waals surface area contributed by atoms with Crippen molar-refractivity contribution in [3.8, 4) is 5.75 Å². The lowest BCUT2D eigenvalue weighted by Gasteiger charge is -2.31. The van der Waals surface area contributed by atoms with E-state index < -0.39 is 0 Å². The fourth-order valence-electron chi connectivity index (χ4n) is 2.79. The smallest absolute Gasteiger partial charge is 0.206 e. The van der Waals surface area contributed by atoms with Crippen molar-refractivity contribution in [3.05, 3.63) is 35.7 Å². The van der Waals surface area contributed by atoms with Gasteiger partial charge in [0, 0.05) is 12.2 Å². The average Bonchev–Trinajstić information content (AvgIpc) is 2.53. The Hall–Kier alpha value is -2.34. The van der Waals surface area contributed by atoms with Gasteiger partial charge in [-0.15, -0.1) is 0 Å². The molecule has 0 saturated carbocycles. The van der Waals surface area contributed by atoms with Gasteiger partial charge in [-0.25, -0.2) is 15.8 Å². The minimum absolute atomic E-state index is 0.488. The number of ether oxygens (including phenoxy) is 1. The summed E-state index contributed by atoms with van der Waals surface area (Å²) in [5.74, 6) is 7.29. The third-order valence-corrected chi connectivity index (χ3v) is 3.74. The van der Waals surface area contributed by atoms with Gasteiger partial charge in [0.25, 0.3) is 0 Å². The SMILES string of the molecule is COc1c(NN)ncnc1N1CCCc2cc(C)ccc21. The maximum absolute atomic E-state index is 5.50. The molecule has 0 amide bonds. The Morgan fingerprint density at radius 2 is 2.19 bits per heavy atom. The summed E-state index contributed by atoms with van der Waals surface area (Å²) in [6, 6.07) is 6.49. The van der Waals surface area contributed by atoms with Crippen molar-refractivity contribution in [2.45, 2.75) is 19.8 Å². The zero-order chi connectivity index (χ0) is 14.8. The van der Waals surface area contributed by atoms with Gasteiger partial charge in [-0.05, 0) is 31.4 Å². The topological polar surface area (TPSA) is 76.3 Å². The van der Waals surface area contributed by atoms with Crippen LogP contribution >= 0.6 is 0 Å². The van der Waals surface area contributed by atoms with E-state index in [1.165, 1.54) is 23.1 Å². The van der Waals surface area contributed by atoms with E-state index in [0.717, 1.165) is 25.2 Å². The van der Waals surface area contributed by atoms with Crippen molar-refractivity contribution in [1.29, 1.82) is 0 Å². The number of hydrogen-bond donors (Lipinski definition) is 2. The van der Waals surface area contributed by atoms with Crippen LogP contribution in [0.3, 0.4) is 0 Å². The Balaban J connectivity index is 2.11. The fourth-order valence-corrected chi connectivity index (χ4v) is 2.79. The molecule has 0 aliphatic carbocycles. The molecule has 0 radical (unpaired) electrons. The van der Waals surface area contributed by atoms with Crippen molar-refractivity contribution >= 4 is 17.3 Å². The van der Waals surface area contributed by atoms with Crippen LogP contribution in [0.5, 0.6) is 5.75 Å². The molecule has 1 aromatic carbocycles. The first kappa shape index (κ1) is 13.6. The monoisotopic (exact) mass is 285 g/mol. The maximum atomic E-state index is 5.50. The molecule has 0 atom stereocenters. The summed E-state index contributed by atoms with van der Waals surface area (Å²) in [7, 11) is 1.60. The molecule has 21 heavy (non-hydrogen) atoms. The first-order valence-electron chi connectivity index (χ1n) is 6.97. The van der Waals surface area contributed by atoms with Gasteiger partial charge in [0.15, 0.2) is 11.6 Å². The Morgan fingerprint density at radius 3 is 2.95 bits per heavy atom. The quantitative estimate of drug-likeness (QED) is 0.665. The van der Waals surface area contributed by atoms with Crippen LogP contribution in [0, 0.1) is 6.92 Å². The second kappa shape index (κ2) is 5.57. The number of nitrogens with zero attached hydrogens (tertiary/aromatic N) is 3. The number of aromatic nitrogens is 2. The van der Waals surface area contributed by atoms with E-state index in [2.05, 4.69) is 45.4 Å². The summed E-state index contributed by atoms with van der Waals surface area (Å²) in [6.07, 6.45) is 3.66. The zero-order valence-corrected chi connectivity index (χ0v) is 12.3. The number of fused-ring (bicyclic) bond motifs is 1. The van der Waals surface area contributed by atoms with Gasteiger partial charge < -0.3 is 15.1 Å². The average molecular weight is 285 g/mol. The Kier molecular flexibility index (Phi) is 3.62. The van der Waals surface area contributed by atoms with E-state index in [0.29, 0.717) is 11.6 Å². The molecule has 6 heteroatoms. The van der Waals surface area contributed by atoms with E-state index in [-0.39, 0.29) is 0 Å². The molecule has 1 aromatic heterocycles. The molecule has 0 saturated heterocycles. The number of nitrogen functional groups attached to an aromatic ring is 1. The predicted molar refractivity (Wildman–Crippen MR) is 82.9 cm³/mol. The Morgan fingerprint density at radius 1 is 1.33 bits per heavy atom. The minimum atomic E-state index is 0.488. The van der Waals surface area contributed by atoms with Crippen LogP contribution in [0.15, 0.2) is 24.5 Å². The van der Waals surface area contributed by atoms with Crippen LogP contribution in [0.1, 0.15) is 17.5 Å². The number of hydrogen-bond acceptors (Lipinski definition) is 6. The number of nitrogens with two attached hydrogens (primary N) is 1. The van der Waals surface area contributed by atoms with E-state index in [1.54, 1.807) is 7.11 Å². The number of benzene rings is 1. The molecule has 1 aliphatic heterocycles. The highest BCUT2D eigenvalue weighted by atomic mass is 16.5. The third-order valence-electron chi connectivity index (χ3n) is 3.74. The maximum Gasteiger partial charge on any atom is 0.206 e. The second-order valence-corrected chi connectivity index (χ2v) is 5.11. The lowest BCUT2D eigenvalue weighted by atomic mass is 9.99. The summed E-state index contributed by atoms with van der Waals surface area (Å²) in [5, 5.41) is 0. The highest BCUT2D eigenvalue weighted by Gasteiger charge is 2.24. The Labute approximate surface area is 123 Å². The first-order chi connectivity index (χ1) is 10.2. The molecule has 110 valence electrons. The van der Waals surface area contributed by atoms with Gasteiger partial charge in [-0.1, -0.05) is 17.7 Å². The molecular formula is C15H19N5O. The molecule has 1 aliphatic rings. The van der Waals surface area contributed by atoms with E-state index >= 15 is 0 Å². The summed E-state index contributed by atoms with van der Waals surface area (Å²) in [4.78, 5) is 10.7. The second-order valence-electron chi connectivity index (χ2n) is 5.11. The van der Waals surface area contributed by atoms with Crippen LogP contribution in [0.25, 0.3) is 0 Å². The minimum Gasteiger partial charge on any atom is -0.490 e. The molecule has 0 fully saturated rings. The van der Waals surface area contributed by atoms with Crippen molar-refractivity contribution in [2.24, 2.45) is 5.84 Å². The van der Waals surface area contributed by atoms with Crippen LogP contribution in [0.4, 0.5) is 17.3 Å². The largest absolute Gasteiger partial charge is 0.490 e. The number of anilines is 3. The normalized spacial score (nSPS) is 13.8. The predicted octanol–water partition coefficient (Wildman–Crippen LogP) is 2.16. The molecule has 0 bridgehead atoms. The van der Waals surface area contributed by atoms with Crippen molar-refractivity contribution < 1.29 is 4.74 Å². The molecule has 3 rings (SSSR count). The Bertz CT molecular complexity index is 659. The zero-order valence-electron chi connectivity index (χ0n) is 12.3. The third kappa shape index (κ3) is 2.38. The van der Waals surface area contributed by atoms with E-state index in [1.807, 2.05) is 0 Å². The molecular weight excluding hydrogens is 266 g/mol. The molecule has 0 spiro atoms. The summed E-state index contributed by atoms with van der Waals surface area (Å²) < 4.78 is 5.45. The number of methoxy groups -OCH3 is 1. The van der Waals surface area contributed by atoms with Crippen LogP contribution < -0.4 is 20.9 Å². The molecule has 3 N–H and O–H groups in total. The number of aryl methyl sites for hydroxylation is 2. The summed E-state index contributed by atoms with van der Waals surface area (Å²) >= 11 is 0. The standard InChI is InChI=1S/C15H19N5O/c1-10-5-6-12-11(8-10)4-3-7-20(12)15-13(21-2)14(19-16)17-9-18-15/h5-6,8-9H,3-4,7,16H2,1-2H3,(H,17,18,19). The van der Waals surface area contributed by atoms with Crippen LogP contribution in [-0.4, -0.2) is 23.6 Å².